The Balaban J connectivity index is 3.20. The molecule has 0 saturated heterocycles. The van der Waals surface area contributed by atoms with Crippen LogP contribution in [0.3, 0.4) is 0 Å². The van der Waals surface area contributed by atoms with Gasteiger partial charge in [-0.2, -0.15) is 0 Å². The summed E-state index contributed by atoms with van der Waals surface area (Å²) in [5, 5.41) is 0. The second-order valence-corrected chi connectivity index (χ2v) is 4.73. The third kappa shape index (κ3) is 7.17. The van der Waals surface area contributed by atoms with Crippen molar-refractivity contribution in [3.8, 4) is 0 Å². The Hall–Kier alpha value is 0.799. The zero-order valence-electron chi connectivity index (χ0n) is 8.10. The molecule has 1 atom stereocenters. The molecule has 0 N–H and O–H groups in total. The third-order valence-electron chi connectivity index (χ3n) is 2.25. The molecule has 0 heterocycles. The van der Waals surface area contributed by atoms with Crippen LogP contribution >= 0.6 is 0 Å². The normalized spacial score (nSPS) is 13.4. The van der Waals surface area contributed by atoms with E-state index in [1.807, 2.05) is 0 Å². The molecule has 0 spiro atoms. The number of unbranched alkanes of at least 4 members (excludes halogenated alkanes) is 2. The summed E-state index contributed by atoms with van der Waals surface area (Å²) >= 11 is 1.46. The van der Waals surface area contributed by atoms with E-state index in [-0.39, 0.29) is 0 Å². The third-order valence-corrected chi connectivity index (χ3v) is 4.15. The fraction of sp³-hybridized carbons (Fsp3) is 1.00. The maximum absolute atomic E-state index is 2.31. The summed E-state index contributed by atoms with van der Waals surface area (Å²) in [6, 6.07) is 0. The summed E-state index contributed by atoms with van der Waals surface area (Å²) in [4.78, 5) is 0. The van der Waals surface area contributed by atoms with Crippen molar-refractivity contribution in [2.24, 2.45) is 5.92 Å². The quantitative estimate of drug-likeness (QED) is 0.487. The predicted molar refractivity (Wildman–Crippen MR) is 54.5 cm³/mol. The van der Waals surface area contributed by atoms with Gasteiger partial charge in [-0.3, -0.25) is 0 Å². The van der Waals surface area contributed by atoms with Crippen LogP contribution in [0.5, 0.6) is 0 Å². The summed E-state index contributed by atoms with van der Waals surface area (Å²) in [7, 11) is 0. The Labute approximate surface area is 85.2 Å². The van der Waals surface area contributed by atoms with E-state index in [9.17, 15) is 0 Å². The zero-order chi connectivity index (χ0) is 8.53. The molecule has 66 valence electrons. The molecule has 11 heavy (non-hydrogen) atoms. The van der Waals surface area contributed by atoms with Crippen LogP contribution in [0.15, 0.2) is 0 Å². The molecule has 0 bridgehead atoms. The zero-order valence-corrected chi connectivity index (χ0v) is 11.4. The maximum atomic E-state index is 2.31. The van der Waals surface area contributed by atoms with Gasteiger partial charge in [0.1, 0.15) is 0 Å². The van der Waals surface area contributed by atoms with Crippen molar-refractivity contribution in [3.05, 3.63) is 0 Å². The van der Waals surface area contributed by atoms with Gasteiger partial charge in [0, 0.05) is 0 Å². The Morgan fingerprint density at radius 2 is 1.73 bits per heavy atom. The molecule has 1 heteroatoms. The van der Waals surface area contributed by atoms with Gasteiger partial charge in [0.2, 0.25) is 0 Å². The fourth-order valence-corrected chi connectivity index (χ4v) is 2.82. The van der Waals surface area contributed by atoms with E-state index >= 15 is 0 Å². The van der Waals surface area contributed by atoms with Crippen LogP contribution in [0, 0.1) is 5.92 Å². The SMILES string of the molecule is CCCCCC([CH2][SnH])CCC. The van der Waals surface area contributed by atoms with Crippen LogP contribution in [0.2, 0.25) is 4.44 Å². The van der Waals surface area contributed by atoms with Gasteiger partial charge in [0.05, 0.1) is 0 Å². The molecule has 0 aliphatic heterocycles. The van der Waals surface area contributed by atoms with Crippen LogP contribution in [-0.2, 0) is 0 Å². The molecule has 0 aliphatic carbocycles. The minimum atomic E-state index is 1.08. The van der Waals surface area contributed by atoms with Crippen LogP contribution in [0.25, 0.3) is 0 Å². The van der Waals surface area contributed by atoms with Gasteiger partial charge in [-0.25, -0.2) is 0 Å². The second-order valence-electron chi connectivity index (χ2n) is 3.39. The van der Waals surface area contributed by atoms with Gasteiger partial charge in [-0.15, -0.1) is 0 Å². The molecule has 0 nitrogen and oxygen atoms in total. The first-order valence-electron chi connectivity index (χ1n) is 5.05. The summed E-state index contributed by atoms with van der Waals surface area (Å²) in [6.07, 6.45) is 8.66. The van der Waals surface area contributed by atoms with Crippen molar-refractivity contribution in [2.45, 2.75) is 56.8 Å². The van der Waals surface area contributed by atoms with E-state index in [0.717, 1.165) is 5.92 Å². The number of hydrogen-bond acceptors (Lipinski definition) is 0. The van der Waals surface area contributed by atoms with Crippen molar-refractivity contribution < 1.29 is 0 Å². The molecule has 0 amide bonds. The molecule has 0 fully saturated rings. The van der Waals surface area contributed by atoms with Crippen LogP contribution < -0.4 is 0 Å². The average Bonchev–Trinajstić information content (AvgIpc) is 2.03. The van der Waals surface area contributed by atoms with Gasteiger partial charge in [0.25, 0.3) is 0 Å². The molecule has 0 aliphatic rings. The predicted octanol–water partition coefficient (Wildman–Crippen LogP) is 3.30. The molecular weight excluding hydrogens is 239 g/mol. The second kappa shape index (κ2) is 8.89. The van der Waals surface area contributed by atoms with E-state index in [0.29, 0.717) is 0 Å². The van der Waals surface area contributed by atoms with Crippen molar-refractivity contribution in [1.29, 1.82) is 0 Å². The van der Waals surface area contributed by atoms with Crippen molar-refractivity contribution >= 4 is 22.5 Å². The van der Waals surface area contributed by atoms with Gasteiger partial charge in [0.15, 0.2) is 0 Å². The first kappa shape index (κ1) is 11.8. The molecular formula is C10H22Sn. The standard InChI is InChI=1S/C10H21.Sn.H/c1-4-6-7-9-10(3)8-5-2;;/h10H,3-9H2,1-2H3;;. The first-order valence-corrected chi connectivity index (χ1v) is 7.38. The summed E-state index contributed by atoms with van der Waals surface area (Å²) in [5.41, 5.74) is 0. The van der Waals surface area contributed by atoms with E-state index in [2.05, 4.69) is 13.8 Å². The Morgan fingerprint density at radius 3 is 2.18 bits per heavy atom. The molecule has 0 saturated carbocycles. The van der Waals surface area contributed by atoms with Crippen molar-refractivity contribution in [3.63, 3.8) is 0 Å². The minimum absolute atomic E-state index is 1.08. The average molecular weight is 261 g/mol. The summed E-state index contributed by atoms with van der Waals surface area (Å²) in [6.45, 7) is 4.60. The van der Waals surface area contributed by atoms with Crippen molar-refractivity contribution in [2.75, 3.05) is 0 Å². The van der Waals surface area contributed by atoms with Gasteiger partial charge < -0.3 is 0 Å². The number of hydrogen-bond donors (Lipinski definition) is 0. The first-order chi connectivity index (χ1) is 5.35. The van der Waals surface area contributed by atoms with Crippen molar-refractivity contribution in [1.82, 2.24) is 0 Å². The van der Waals surface area contributed by atoms with Gasteiger partial charge >= 0.3 is 85.3 Å². The molecule has 0 aromatic heterocycles. The Morgan fingerprint density at radius 1 is 1.00 bits per heavy atom. The van der Waals surface area contributed by atoms with E-state index in [4.69, 9.17) is 0 Å². The molecule has 0 rings (SSSR count). The van der Waals surface area contributed by atoms with Crippen LogP contribution in [0.4, 0.5) is 0 Å². The number of rotatable bonds is 7. The summed E-state index contributed by atoms with van der Waals surface area (Å²) in [5.74, 6) is 1.08. The van der Waals surface area contributed by atoms with E-state index < -0.39 is 0 Å². The molecule has 0 aromatic rings. The van der Waals surface area contributed by atoms with Gasteiger partial charge in [-0.05, 0) is 0 Å². The van der Waals surface area contributed by atoms with E-state index in [1.54, 1.807) is 0 Å². The molecule has 0 aromatic carbocycles. The van der Waals surface area contributed by atoms with Gasteiger partial charge in [-0.1, -0.05) is 0 Å². The van der Waals surface area contributed by atoms with E-state index in [1.165, 1.54) is 65.5 Å². The topological polar surface area (TPSA) is 0 Å². The summed E-state index contributed by atoms with van der Waals surface area (Å²) < 4.78 is 1.52. The monoisotopic (exact) mass is 262 g/mol. The molecule has 1 unspecified atom stereocenters. The van der Waals surface area contributed by atoms with Crippen LogP contribution in [0.1, 0.15) is 52.4 Å². The molecule has 2 radical (unpaired) electrons. The Kier molecular flexibility index (Phi) is 9.54. The van der Waals surface area contributed by atoms with Crippen LogP contribution in [-0.4, -0.2) is 22.5 Å². The fourth-order valence-electron chi connectivity index (χ4n) is 1.47. The Bertz CT molecular complexity index is 71.3.